The molecule has 0 aromatic heterocycles. The van der Waals surface area contributed by atoms with Gasteiger partial charge in [-0.2, -0.15) is 13.2 Å². The van der Waals surface area contributed by atoms with E-state index < -0.39 is 40.8 Å². The van der Waals surface area contributed by atoms with Crippen LogP contribution in [0, 0.1) is 17.5 Å². The van der Waals surface area contributed by atoms with Gasteiger partial charge in [-0.1, -0.05) is 12.1 Å². The van der Waals surface area contributed by atoms with E-state index in [2.05, 4.69) is 10.6 Å². The summed E-state index contributed by atoms with van der Waals surface area (Å²) in [6.45, 7) is -0.192. The SMILES string of the molecule is O=C(CCNc1ccc(F)c(F)c1F)Nc1ccccc1C(F)(F)F. The summed E-state index contributed by atoms with van der Waals surface area (Å²) in [6, 6.07) is 6.10. The van der Waals surface area contributed by atoms with Crippen LogP contribution in [-0.4, -0.2) is 12.5 Å². The Bertz CT molecular complexity index is 776. The van der Waals surface area contributed by atoms with E-state index in [4.69, 9.17) is 0 Å². The number of alkyl halides is 3. The maximum atomic E-state index is 13.4. The molecule has 134 valence electrons. The zero-order valence-corrected chi connectivity index (χ0v) is 12.6. The first-order valence-electron chi connectivity index (χ1n) is 7.03. The average Bonchev–Trinajstić information content (AvgIpc) is 2.54. The maximum absolute atomic E-state index is 13.4. The third-order valence-corrected chi connectivity index (χ3v) is 3.21. The Morgan fingerprint density at radius 1 is 0.920 bits per heavy atom. The molecule has 0 aliphatic heterocycles. The number of hydrogen-bond donors (Lipinski definition) is 2. The molecule has 0 fully saturated rings. The summed E-state index contributed by atoms with van der Waals surface area (Å²) < 4.78 is 77.7. The van der Waals surface area contributed by atoms with E-state index in [1.807, 2.05) is 0 Å². The van der Waals surface area contributed by atoms with Gasteiger partial charge in [-0.05, 0) is 24.3 Å². The van der Waals surface area contributed by atoms with Crippen LogP contribution < -0.4 is 10.6 Å². The highest BCUT2D eigenvalue weighted by atomic mass is 19.4. The van der Waals surface area contributed by atoms with E-state index in [-0.39, 0.29) is 18.7 Å². The van der Waals surface area contributed by atoms with Crippen molar-refractivity contribution in [3.8, 4) is 0 Å². The first-order valence-corrected chi connectivity index (χ1v) is 7.03. The Hall–Kier alpha value is -2.71. The number of carbonyl (C=O) groups excluding carboxylic acids is 1. The number of nitrogens with one attached hydrogen (secondary N) is 2. The molecule has 2 N–H and O–H groups in total. The van der Waals surface area contributed by atoms with Crippen LogP contribution in [0.1, 0.15) is 12.0 Å². The van der Waals surface area contributed by atoms with Gasteiger partial charge in [0.1, 0.15) is 0 Å². The molecule has 2 rings (SSSR count). The van der Waals surface area contributed by atoms with Crippen LogP contribution >= 0.6 is 0 Å². The average molecular weight is 362 g/mol. The Labute approximate surface area is 138 Å². The van der Waals surface area contributed by atoms with Gasteiger partial charge in [-0.25, -0.2) is 13.2 Å². The van der Waals surface area contributed by atoms with Crippen molar-refractivity contribution >= 4 is 17.3 Å². The molecule has 1 amide bonds. The molecule has 0 heterocycles. The summed E-state index contributed by atoms with van der Waals surface area (Å²) >= 11 is 0. The van der Waals surface area contributed by atoms with Crippen molar-refractivity contribution in [1.82, 2.24) is 0 Å². The Kier molecular flexibility index (Phi) is 5.55. The second kappa shape index (κ2) is 7.45. The van der Waals surface area contributed by atoms with Crippen LogP contribution in [0.5, 0.6) is 0 Å². The molecule has 0 aliphatic carbocycles. The first-order chi connectivity index (χ1) is 11.7. The topological polar surface area (TPSA) is 41.1 Å². The number of carbonyl (C=O) groups is 1. The summed E-state index contributed by atoms with van der Waals surface area (Å²) in [6.07, 6.45) is -4.94. The number of halogens is 6. The molecule has 0 saturated heterocycles. The zero-order valence-electron chi connectivity index (χ0n) is 12.6. The Morgan fingerprint density at radius 3 is 2.28 bits per heavy atom. The molecular weight excluding hydrogens is 350 g/mol. The third kappa shape index (κ3) is 4.65. The zero-order chi connectivity index (χ0) is 18.6. The molecule has 0 radical (unpaired) electrons. The molecule has 0 bridgehead atoms. The van der Waals surface area contributed by atoms with Crippen LogP contribution in [0.2, 0.25) is 0 Å². The minimum atomic E-state index is -4.63. The van der Waals surface area contributed by atoms with E-state index in [0.29, 0.717) is 6.07 Å². The summed E-state index contributed by atoms with van der Waals surface area (Å²) in [4.78, 5) is 11.7. The predicted molar refractivity (Wildman–Crippen MR) is 79.5 cm³/mol. The summed E-state index contributed by atoms with van der Waals surface area (Å²) in [7, 11) is 0. The Balaban J connectivity index is 1.96. The van der Waals surface area contributed by atoms with Crippen molar-refractivity contribution in [3.63, 3.8) is 0 Å². The molecule has 0 unspecified atom stereocenters. The lowest BCUT2D eigenvalue weighted by Gasteiger charge is -2.14. The highest BCUT2D eigenvalue weighted by molar-refractivity contribution is 5.91. The van der Waals surface area contributed by atoms with E-state index >= 15 is 0 Å². The van der Waals surface area contributed by atoms with Crippen LogP contribution in [0.15, 0.2) is 36.4 Å². The van der Waals surface area contributed by atoms with E-state index in [9.17, 15) is 31.1 Å². The molecule has 2 aromatic carbocycles. The van der Waals surface area contributed by atoms with Crippen molar-refractivity contribution in [1.29, 1.82) is 0 Å². The quantitative estimate of drug-likeness (QED) is 0.605. The van der Waals surface area contributed by atoms with Gasteiger partial charge in [0.2, 0.25) is 5.91 Å². The third-order valence-electron chi connectivity index (χ3n) is 3.21. The van der Waals surface area contributed by atoms with Crippen LogP contribution in [0.3, 0.4) is 0 Å². The lowest BCUT2D eigenvalue weighted by molar-refractivity contribution is -0.137. The minimum Gasteiger partial charge on any atom is -0.382 e. The molecule has 0 aliphatic rings. The smallest absolute Gasteiger partial charge is 0.382 e. The normalized spacial score (nSPS) is 11.3. The lowest BCUT2D eigenvalue weighted by Crippen LogP contribution is -2.19. The standard InChI is InChI=1S/C16H12F6N2O/c17-10-5-6-12(15(19)14(10)18)23-8-7-13(25)24-11-4-2-1-3-9(11)16(20,21)22/h1-6,23H,7-8H2,(H,24,25). The number of anilines is 2. The second-order valence-corrected chi connectivity index (χ2v) is 4.99. The van der Waals surface area contributed by atoms with Crippen molar-refractivity contribution < 1.29 is 31.1 Å². The van der Waals surface area contributed by atoms with Crippen molar-refractivity contribution in [2.24, 2.45) is 0 Å². The van der Waals surface area contributed by atoms with Gasteiger partial charge in [0.15, 0.2) is 17.5 Å². The van der Waals surface area contributed by atoms with E-state index in [0.717, 1.165) is 18.2 Å². The van der Waals surface area contributed by atoms with Crippen molar-refractivity contribution in [3.05, 3.63) is 59.4 Å². The largest absolute Gasteiger partial charge is 0.418 e. The number of benzene rings is 2. The predicted octanol–water partition coefficient (Wildman–Crippen LogP) is 4.56. The molecule has 0 saturated carbocycles. The number of rotatable bonds is 5. The molecule has 2 aromatic rings. The number of para-hydroxylation sites is 1. The maximum Gasteiger partial charge on any atom is 0.418 e. The molecular formula is C16H12F6N2O. The molecule has 3 nitrogen and oxygen atoms in total. The van der Waals surface area contributed by atoms with Crippen molar-refractivity contribution in [2.75, 3.05) is 17.2 Å². The Morgan fingerprint density at radius 2 is 1.60 bits per heavy atom. The molecule has 9 heteroatoms. The minimum absolute atomic E-state index is 0.192. The van der Waals surface area contributed by atoms with Gasteiger partial charge < -0.3 is 10.6 Å². The van der Waals surface area contributed by atoms with Gasteiger partial charge in [0.25, 0.3) is 0 Å². The van der Waals surface area contributed by atoms with Crippen molar-refractivity contribution in [2.45, 2.75) is 12.6 Å². The first kappa shape index (κ1) is 18.6. The molecule has 0 atom stereocenters. The fraction of sp³-hybridized carbons (Fsp3) is 0.188. The molecule has 25 heavy (non-hydrogen) atoms. The fourth-order valence-electron chi connectivity index (χ4n) is 2.03. The number of amides is 1. The molecule has 0 spiro atoms. The van der Waals surface area contributed by atoms with E-state index in [1.165, 1.54) is 12.1 Å². The van der Waals surface area contributed by atoms with Crippen LogP contribution in [0.4, 0.5) is 37.7 Å². The van der Waals surface area contributed by atoms with Gasteiger partial charge in [-0.15, -0.1) is 0 Å². The number of hydrogen-bond acceptors (Lipinski definition) is 2. The fourth-order valence-corrected chi connectivity index (χ4v) is 2.03. The lowest BCUT2D eigenvalue weighted by atomic mass is 10.1. The monoisotopic (exact) mass is 362 g/mol. The highest BCUT2D eigenvalue weighted by Crippen LogP contribution is 2.34. The van der Waals surface area contributed by atoms with Crippen LogP contribution in [-0.2, 0) is 11.0 Å². The summed E-state index contributed by atoms with van der Waals surface area (Å²) in [5, 5.41) is 4.49. The van der Waals surface area contributed by atoms with E-state index in [1.54, 1.807) is 0 Å². The van der Waals surface area contributed by atoms with Gasteiger partial charge in [-0.3, -0.25) is 4.79 Å². The van der Waals surface area contributed by atoms with Crippen LogP contribution in [0.25, 0.3) is 0 Å². The summed E-state index contributed by atoms with van der Waals surface area (Å²) in [5.74, 6) is -5.21. The second-order valence-electron chi connectivity index (χ2n) is 4.99. The summed E-state index contributed by atoms with van der Waals surface area (Å²) in [5.41, 5.74) is -1.76. The van der Waals surface area contributed by atoms with Gasteiger partial charge in [0.05, 0.1) is 16.9 Å². The van der Waals surface area contributed by atoms with Gasteiger partial charge >= 0.3 is 6.18 Å². The highest BCUT2D eigenvalue weighted by Gasteiger charge is 2.33. The van der Waals surface area contributed by atoms with Gasteiger partial charge in [0, 0.05) is 13.0 Å².